The van der Waals surface area contributed by atoms with Gasteiger partial charge in [0.05, 0.1) is 25.5 Å². The van der Waals surface area contributed by atoms with Gasteiger partial charge in [0.15, 0.2) is 0 Å². The van der Waals surface area contributed by atoms with Crippen molar-refractivity contribution in [3.8, 4) is 11.5 Å². The van der Waals surface area contributed by atoms with Crippen molar-refractivity contribution in [2.24, 2.45) is 0 Å². The summed E-state index contributed by atoms with van der Waals surface area (Å²) >= 11 is 0. The van der Waals surface area contributed by atoms with Crippen molar-refractivity contribution in [3.05, 3.63) is 109 Å². The second-order valence-corrected chi connectivity index (χ2v) is 12.0. The van der Waals surface area contributed by atoms with Gasteiger partial charge in [-0.2, -0.15) is 0 Å². The predicted octanol–water partition coefficient (Wildman–Crippen LogP) is 5.12. The summed E-state index contributed by atoms with van der Waals surface area (Å²) in [6, 6.07) is 35.0. The molecule has 0 spiro atoms. The van der Waals surface area contributed by atoms with Crippen LogP contribution in [-0.4, -0.2) is 25.9 Å². The zero-order valence-electron chi connectivity index (χ0n) is 21.3. The molecule has 0 atom stereocenters. The molecule has 0 aliphatic heterocycles. The number of nitrogens with one attached hydrogen (secondary N) is 1. The molecule has 0 aliphatic rings. The van der Waals surface area contributed by atoms with Crippen molar-refractivity contribution in [1.29, 1.82) is 0 Å². The lowest BCUT2D eigenvalue weighted by molar-refractivity contribution is -0.134. The Morgan fingerprint density at radius 3 is 1.51 bits per heavy atom. The number of methoxy groups -OCH3 is 2. The Bertz CT molecular complexity index is 1260. The first kappa shape index (κ1) is 26.1. The molecule has 4 rings (SSSR count). The van der Waals surface area contributed by atoms with Gasteiger partial charge in [-0.05, 0) is 48.5 Å². The molecule has 188 valence electrons. The molecular weight excluding hydrogens is 481 g/mol. The van der Waals surface area contributed by atoms with Gasteiger partial charge in [0.2, 0.25) is 5.78 Å². The molecule has 0 unspecified atom stereocenters. The molecule has 6 heteroatoms. The van der Waals surface area contributed by atoms with Crippen molar-refractivity contribution in [3.63, 3.8) is 0 Å². The number of benzene rings is 4. The number of carbonyl (C=O) groups is 2. The Kier molecular flexibility index (Phi) is 8.37. The first-order chi connectivity index (χ1) is 18.0. The number of hydrogen-bond acceptors (Lipinski definition) is 4. The number of rotatable bonds is 10. The highest BCUT2D eigenvalue weighted by Crippen LogP contribution is 2.60. The summed E-state index contributed by atoms with van der Waals surface area (Å²) in [5.74, 6) is -0.0722. The van der Waals surface area contributed by atoms with E-state index >= 15 is 0 Å². The summed E-state index contributed by atoms with van der Waals surface area (Å²) in [6.45, 7) is 1.67. The quantitative estimate of drug-likeness (QED) is 0.237. The standard InChI is InChI=1S/C31H30NO4P/c1-4-27(33)31(34)32-30-26(28(35-2)20-21-29(30)36-3)22-37(23-14-8-5-9-15-23,24-16-10-6-11-17-24)25-18-12-7-13-19-25/h5-21H,4,22H2,1-3H3/p+1. The molecule has 0 saturated heterocycles. The van der Waals surface area contributed by atoms with E-state index in [-0.39, 0.29) is 6.42 Å². The molecular formula is C31H31NO4P+. The lowest BCUT2D eigenvalue weighted by atomic mass is 10.1. The highest BCUT2D eigenvalue weighted by atomic mass is 31.2. The van der Waals surface area contributed by atoms with Gasteiger partial charge in [0.1, 0.15) is 40.8 Å². The lowest BCUT2D eigenvalue weighted by Gasteiger charge is -2.29. The van der Waals surface area contributed by atoms with E-state index < -0.39 is 19.0 Å². The molecule has 0 heterocycles. The lowest BCUT2D eigenvalue weighted by Crippen LogP contribution is -2.33. The summed E-state index contributed by atoms with van der Waals surface area (Å²) in [5.41, 5.74) is 1.24. The van der Waals surface area contributed by atoms with Crippen molar-refractivity contribution >= 4 is 40.6 Å². The fraction of sp³-hybridized carbons (Fsp3) is 0.161. The second kappa shape index (κ2) is 11.9. The molecule has 0 fully saturated rings. The molecule has 0 radical (unpaired) electrons. The Labute approximate surface area is 218 Å². The Balaban J connectivity index is 2.04. The van der Waals surface area contributed by atoms with Crippen LogP contribution in [0.2, 0.25) is 0 Å². The minimum Gasteiger partial charge on any atom is -0.496 e. The van der Waals surface area contributed by atoms with Crippen molar-refractivity contribution < 1.29 is 19.1 Å². The van der Waals surface area contributed by atoms with Gasteiger partial charge in [-0.15, -0.1) is 0 Å². The number of ketones is 1. The van der Waals surface area contributed by atoms with Gasteiger partial charge >= 0.3 is 0 Å². The third kappa shape index (κ3) is 5.28. The largest absolute Gasteiger partial charge is 0.496 e. The average molecular weight is 513 g/mol. The van der Waals surface area contributed by atoms with Crippen molar-refractivity contribution in [2.75, 3.05) is 19.5 Å². The zero-order valence-corrected chi connectivity index (χ0v) is 22.2. The number of amides is 1. The van der Waals surface area contributed by atoms with E-state index in [2.05, 4.69) is 78.1 Å². The first-order valence-electron chi connectivity index (χ1n) is 12.2. The number of ether oxygens (including phenoxy) is 2. The van der Waals surface area contributed by atoms with Gasteiger partial charge in [-0.1, -0.05) is 61.5 Å². The SMILES string of the molecule is CCC(=O)C(=O)Nc1c(OC)ccc(OC)c1C[P+](c1ccccc1)(c1ccccc1)c1ccccc1. The van der Waals surface area contributed by atoms with Gasteiger partial charge < -0.3 is 14.8 Å². The van der Waals surface area contributed by atoms with Crippen LogP contribution in [0.5, 0.6) is 11.5 Å². The molecule has 1 N–H and O–H groups in total. The third-order valence-electron chi connectivity index (χ3n) is 6.47. The maximum atomic E-state index is 12.8. The van der Waals surface area contributed by atoms with E-state index in [1.807, 2.05) is 24.3 Å². The van der Waals surface area contributed by atoms with E-state index in [1.165, 1.54) is 15.9 Å². The normalized spacial score (nSPS) is 11.0. The Hall–Kier alpha value is -3.95. The Morgan fingerprint density at radius 2 is 1.11 bits per heavy atom. The van der Waals surface area contributed by atoms with Gasteiger partial charge in [0.25, 0.3) is 5.91 Å². The maximum absolute atomic E-state index is 12.8. The smallest absolute Gasteiger partial charge is 0.291 e. The molecule has 37 heavy (non-hydrogen) atoms. The van der Waals surface area contributed by atoms with Gasteiger partial charge in [-0.3, -0.25) is 9.59 Å². The first-order valence-corrected chi connectivity index (χ1v) is 14.2. The van der Waals surface area contributed by atoms with E-state index in [0.717, 1.165) is 5.56 Å². The van der Waals surface area contributed by atoms with Crippen LogP contribution in [0.1, 0.15) is 18.9 Å². The summed E-state index contributed by atoms with van der Waals surface area (Å²) in [7, 11) is 0.847. The zero-order chi connectivity index (χ0) is 26.3. The molecule has 0 aliphatic carbocycles. The van der Waals surface area contributed by atoms with E-state index in [1.54, 1.807) is 27.2 Å². The maximum Gasteiger partial charge on any atom is 0.291 e. The molecule has 0 saturated carbocycles. The van der Waals surface area contributed by atoms with Gasteiger partial charge in [-0.25, -0.2) is 0 Å². The fourth-order valence-electron chi connectivity index (χ4n) is 4.61. The van der Waals surface area contributed by atoms with Gasteiger partial charge in [0, 0.05) is 6.42 Å². The third-order valence-corrected chi connectivity index (χ3v) is 10.8. The molecule has 1 amide bonds. The average Bonchev–Trinajstić information content (AvgIpc) is 2.97. The van der Waals surface area contributed by atoms with E-state index in [4.69, 9.17) is 9.47 Å². The predicted molar refractivity (Wildman–Crippen MR) is 152 cm³/mol. The Morgan fingerprint density at radius 1 is 0.676 bits per heavy atom. The summed E-state index contributed by atoms with van der Waals surface area (Å²) in [5, 5.41) is 6.44. The van der Waals surface area contributed by atoms with Crippen LogP contribution in [0, 0.1) is 0 Å². The van der Waals surface area contributed by atoms with Crippen LogP contribution in [0.25, 0.3) is 0 Å². The number of anilines is 1. The highest BCUT2D eigenvalue weighted by molar-refractivity contribution is 7.95. The van der Waals surface area contributed by atoms with E-state index in [9.17, 15) is 9.59 Å². The molecule has 4 aromatic rings. The minimum absolute atomic E-state index is 0.114. The number of hydrogen-bond donors (Lipinski definition) is 1. The molecule has 4 aromatic carbocycles. The van der Waals surface area contributed by atoms with Crippen LogP contribution in [0.15, 0.2) is 103 Å². The van der Waals surface area contributed by atoms with Crippen LogP contribution in [0.4, 0.5) is 5.69 Å². The highest BCUT2D eigenvalue weighted by Gasteiger charge is 2.47. The minimum atomic E-state index is -2.32. The fourth-order valence-corrected chi connectivity index (χ4v) is 8.89. The van der Waals surface area contributed by atoms with Crippen LogP contribution < -0.4 is 30.7 Å². The van der Waals surface area contributed by atoms with Crippen LogP contribution in [0.3, 0.4) is 0 Å². The number of carbonyl (C=O) groups excluding carboxylic acids is 2. The van der Waals surface area contributed by atoms with Crippen molar-refractivity contribution in [2.45, 2.75) is 19.5 Å². The number of Topliss-reactive ketones (excluding diaryl/α,β-unsaturated/α-hetero) is 1. The second-order valence-electron chi connectivity index (χ2n) is 8.53. The summed E-state index contributed by atoms with van der Waals surface area (Å²) in [4.78, 5) is 25.0. The van der Waals surface area contributed by atoms with Crippen molar-refractivity contribution in [1.82, 2.24) is 0 Å². The topological polar surface area (TPSA) is 64.6 Å². The van der Waals surface area contributed by atoms with E-state index in [0.29, 0.717) is 23.3 Å². The monoisotopic (exact) mass is 512 g/mol. The molecule has 0 aromatic heterocycles. The summed E-state index contributed by atoms with van der Waals surface area (Å²) < 4.78 is 11.5. The van der Waals surface area contributed by atoms with Crippen LogP contribution >= 0.6 is 7.26 Å². The summed E-state index contributed by atoms with van der Waals surface area (Å²) in [6.07, 6.45) is 0.657. The molecule has 5 nitrogen and oxygen atoms in total. The van der Waals surface area contributed by atoms with Crippen LogP contribution in [-0.2, 0) is 15.8 Å². The molecule has 0 bridgehead atoms.